The minimum absolute atomic E-state index is 0.790. The highest BCUT2D eigenvalue weighted by Crippen LogP contribution is 2.09. The molecule has 0 saturated heterocycles. The zero-order valence-corrected chi connectivity index (χ0v) is 11.0. The minimum Gasteiger partial charge on any atom is -0.303 e. The summed E-state index contributed by atoms with van der Waals surface area (Å²) >= 11 is 0. The van der Waals surface area contributed by atoms with E-state index >= 15 is 0 Å². The molecule has 0 amide bonds. The Bertz CT molecular complexity index is 119. The first kappa shape index (κ1) is 14.0. The molecular weight excluding hydrogens is 170 g/mol. The van der Waals surface area contributed by atoms with Crippen molar-refractivity contribution in [3.8, 4) is 0 Å². The molecule has 0 fully saturated rings. The first-order chi connectivity index (χ1) is 6.45. The highest BCUT2D eigenvalue weighted by molar-refractivity contribution is 4.65. The second-order valence-electron chi connectivity index (χ2n) is 5.52. The summed E-state index contributed by atoms with van der Waals surface area (Å²) < 4.78 is 0. The van der Waals surface area contributed by atoms with Crippen LogP contribution < -0.4 is 0 Å². The summed E-state index contributed by atoms with van der Waals surface area (Å²) in [5.74, 6) is 2.42. The summed E-state index contributed by atoms with van der Waals surface area (Å²) in [6.45, 7) is 17.7. The molecular formula is C13H29N. The van der Waals surface area contributed by atoms with Crippen LogP contribution in [0.3, 0.4) is 0 Å². The van der Waals surface area contributed by atoms with Crippen molar-refractivity contribution >= 4 is 0 Å². The van der Waals surface area contributed by atoms with E-state index in [1.54, 1.807) is 0 Å². The fourth-order valence-electron chi connectivity index (χ4n) is 1.83. The highest BCUT2D eigenvalue weighted by Gasteiger charge is 2.11. The molecule has 0 aromatic heterocycles. The molecule has 1 unspecified atom stereocenters. The van der Waals surface area contributed by atoms with Gasteiger partial charge in [0.2, 0.25) is 0 Å². The SMILES string of the molecule is CCC(C)CN(CC(C)C)CC(C)C. The summed E-state index contributed by atoms with van der Waals surface area (Å²) in [7, 11) is 0. The maximum absolute atomic E-state index is 2.63. The molecule has 0 heterocycles. The maximum atomic E-state index is 2.63. The smallest absolute Gasteiger partial charge is 0.000714 e. The Hall–Kier alpha value is -0.0400. The topological polar surface area (TPSA) is 3.24 Å². The molecule has 0 aromatic carbocycles. The van der Waals surface area contributed by atoms with Gasteiger partial charge in [0.15, 0.2) is 0 Å². The van der Waals surface area contributed by atoms with Gasteiger partial charge in [-0.2, -0.15) is 0 Å². The van der Waals surface area contributed by atoms with Crippen LogP contribution in [0, 0.1) is 17.8 Å². The van der Waals surface area contributed by atoms with Crippen molar-refractivity contribution in [1.82, 2.24) is 4.90 Å². The molecule has 0 radical (unpaired) electrons. The normalized spacial score (nSPS) is 14.4. The third-order valence-corrected chi connectivity index (χ3v) is 2.51. The third-order valence-electron chi connectivity index (χ3n) is 2.51. The van der Waals surface area contributed by atoms with E-state index in [4.69, 9.17) is 0 Å². The van der Waals surface area contributed by atoms with Gasteiger partial charge in [0, 0.05) is 19.6 Å². The maximum Gasteiger partial charge on any atom is 0.000714 e. The van der Waals surface area contributed by atoms with Gasteiger partial charge >= 0.3 is 0 Å². The minimum atomic E-state index is 0.790. The number of hydrogen-bond donors (Lipinski definition) is 0. The fourth-order valence-corrected chi connectivity index (χ4v) is 1.83. The van der Waals surface area contributed by atoms with Crippen LogP contribution in [0.25, 0.3) is 0 Å². The average molecular weight is 199 g/mol. The molecule has 0 rings (SSSR count). The van der Waals surface area contributed by atoms with Crippen molar-refractivity contribution in [3.63, 3.8) is 0 Å². The highest BCUT2D eigenvalue weighted by atomic mass is 15.1. The van der Waals surface area contributed by atoms with Crippen molar-refractivity contribution in [2.45, 2.75) is 48.0 Å². The van der Waals surface area contributed by atoms with E-state index in [2.05, 4.69) is 46.4 Å². The molecule has 14 heavy (non-hydrogen) atoms. The van der Waals surface area contributed by atoms with Gasteiger partial charge < -0.3 is 4.90 Å². The lowest BCUT2D eigenvalue weighted by molar-refractivity contribution is 0.191. The van der Waals surface area contributed by atoms with Gasteiger partial charge in [0.05, 0.1) is 0 Å². The van der Waals surface area contributed by atoms with Crippen molar-refractivity contribution in [3.05, 3.63) is 0 Å². The Morgan fingerprint density at radius 3 is 1.50 bits per heavy atom. The molecule has 0 aromatic rings. The zero-order valence-electron chi connectivity index (χ0n) is 11.0. The molecule has 0 aliphatic rings. The van der Waals surface area contributed by atoms with Gasteiger partial charge in [-0.1, -0.05) is 48.0 Å². The monoisotopic (exact) mass is 199 g/mol. The van der Waals surface area contributed by atoms with Gasteiger partial charge in [-0.05, 0) is 17.8 Å². The van der Waals surface area contributed by atoms with Crippen LogP contribution in [0.1, 0.15) is 48.0 Å². The Balaban J connectivity index is 3.96. The van der Waals surface area contributed by atoms with Crippen molar-refractivity contribution < 1.29 is 0 Å². The number of nitrogens with zero attached hydrogens (tertiary/aromatic N) is 1. The standard InChI is InChI=1S/C13H29N/c1-7-13(6)10-14(8-11(2)3)9-12(4)5/h11-13H,7-10H2,1-6H3. The van der Waals surface area contributed by atoms with Crippen molar-refractivity contribution in [2.24, 2.45) is 17.8 Å². The van der Waals surface area contributed by atoms with Crippen LogP contribution in [0.2, 0.25) is 0 Å². The Labute approximate surface area is 90.9 Å². The van der Waals surface area contributed by atoms with E-state index in [0.717, 1.165) is 17.8 Å². The molecule has 0 aliphatic carbocycles. The molecule has 0 spiro atoms. The fraction of sp³-hybridized carbons (Fsp3) is 1.00. The Kier molecular flexibility index (Phi) is 7.26. The number of rotatable bonds is 7. The van der Waals surface area contributed by atoms with Gasteiger partial charge in [-0.15, -0.1) is 0 Å². The molecule has 1 atom stereocenters. The molecule has 0 N–H and O–H groups in total. The molecule has 0 saturated carbocycles. The van der Waals surface area contributed by atoms with E-state index in [1.807, 2.05) is 0 Å². The lowest BCUT2D eigenvalue weighted by Crippen LogP contribution is -2.34. The molecule has 1 heteroatoms. The van der Waals surface area contributed by atoms with Gasteiger partial charge in [-0.3, -0.25) is 0 Å². The van der Waals surface area contributed by atoms with E-state index in [-0.39, 0.29) is 0 Å². The first-order valence-corrected chi connectivity index (χ1v) is 6.18. The summed E-state index contributed by atoms with van der Waals surface area (Å²) in [6, 6.07) is 0. The lowest BCUT2D eigenvalue weighted by atomic mass is 10.1. The molecule has 1 nitrogen and oxygen atoms in total. The van der Waals surface area contributed by atoms with E-state index in [1.165, 1.54) is 26.1 Å². The lowest BCUT2D eigenvalue weighted by Gasteiger charge is -2.28. The molecule has 86 valence electrons. The second-order valence-corrected chi connectivity index (χ2v) is 5.52. The second kappa shape index (κ2) is 7.28. The summed E-state index contributed by atoms with van der Waals surface area (Å²) in [5, 5.41) is 0. The Morgan fingerprint density at radius 2 is 1.21 bits per heavy atom. The van der Waals surface area contributed by atoms with Crippen LogP contribution in [-0.2, 0) is 0 Å². The first-order valence-electron chi connectivity index (χ1n) is 6.18. The Morgan fingerprint density at radius 1 is 0.786 bits per heavy atom. The van der Waals surface area contributed by atoms with Crippen molar-refractivity contribution in [2.75, 3.05) is 19.6 Å². The van der Waals surface area contributed by atoms with Crippen LogP contribution >= 0.6 is 0 Å². The summed E-state index contributed by atoms with van der Waals surface area (Å²) in [6.07, 6.45) is 1.30. The van der Waals surface area contributed by atoms with Crippen LogP contribution in [0.4, 0.5) is 0 Å². The van der Waals surface area contributed by atoms with Crippen LogP contribution in [0.5, 0.6) is 0 Å². The van der Waals surface area contributed by atoms with E-state index in [0.29, 0.717) is 0 Å². The average Bonchev–Trinajstić information content (AvgIpc) is 2.01. The largest absolute Gasteiger partial charge is 0.303 e. The number of hydrogen-bond acceptors (Lipinski definition) is 1. The zero-order chi connectivity index (χ0) is 11.1. The summed E-state index contributed by atoms with van der Waals surface area (Å²) in [4.78, 5) is 2.63. The predicted molar refractivity (Wildman–Crippen MR) is 65.6 cm³/mol. The predicted octanol–water partition coefficient (Wildman–Crippen LogP) is 3.65. The van der Waals surface area contributed by atoms with E-state index in [9.17, 15) is 0 Å². The molecule has 0 bridgehead atoms. The van der Waals surface area contributed by atoms with Crippen LogP contribution in [0.15, 0.2) is 0 Å². The van der Waals surface area contributed by atoms with Gasteiger partial charge in [-0.25, -0.2) is 0 Å². The van der Waals surface area contributed by atoms with Gasteiger partial charge in [0.1, 0.15) is 0 Å². The molecule has 0 aliphatic heterocycles. The van der Waals surface area contributed by atoms with Crippen LogP contribution in [-0.4, -0.2) is 24.5 Å². The van der Waals surface area contributed by atoms with Gasteiger partial charge in [0.25, 0.3) is 0 Å². The summed E-state index contributed by atoms with van der Waals surface area (Å²) in [5.41, 5.74) is 0. The van der Waals surface area contributed by atoms with Crippen molar-refractivity contribution in [1.29, 1.82) is 0 Å². The quantitative estimate of drug-likeness (QED) is 0.605. The van der Waals surface area contributed by atoms with E-state index < -0.39 is 0 Å². The third kappa shape index (κ3) is 7.37.